The van der Waals surface area contributed by atoms with Crippen LogP contribution in [0.5, 0.6) is 0 Å². The van der Waals surface area contributed by atoms with Gasteiger partial charge >= 0.3 is 0 Å². The predicted molar refractivity (Wildman–Crippen MR) is 119 cm³/mol. The molecule has 4 aromatic rings. The van der Waals surface area contributed by atoms with Gasteiger partial charge in [0.05, 0.1) is 28.9 Å². The fourth-order valence-electron chi connectivity index (χ4n) is 3.40. The lowest BCUT2D eigenvalue weighted by atomic mass is 10.0. The number of fused-ring (bicyclic) bond motifs is 1. The zero-order chi connectivity index (χ0) is 22.8. The van der Waals surface area contributed by atoms with Crippen LogP contribution < -0.4 is 5.32 Å². The Morgan fingerprint density at radius 2 is 1.84 bits per heavy atom. The van der Waals surface area contributed by atoms with Gasteiger partial charge in [-0.05, 0) is 38.1 Å². The van der Waals surface area contributed by atoms with Gasteiger partial charge in [0, 0.05) is 18.3 Å². The number of hydrogen-bond acceptors (Lipinski definition) is 5. The summed E-state index contributed by atoms with van der Waals surface area (Å²) in [4.78, 5) is 31.5. The van der Waals surface area contributed by atoms with Crippen LogP contribution in [0.15, 0.2) is 59.1 Å². The number of carbonyl (C=O) groups is 2. The number of carbonyl (C=O) groups excluding carboxylic acids is 2. The van der Waals surface area contributed by atoms with Crippen molar-refractivity contribution in [2.75, 3.05) is 18.9 Å². The molecule has 0 unspecified atom stereocenters. The minimum absolute atomic E-state index is 0.219. The quantitative estimate of drug-likeness (QED) is 0.506. The molecule has 0 radical (unpaired) electrons. The van der Waals surface area contributed by atoms with E-state index in [9.17, 15) is 14.0 Å². The predicted octanol–water partition coefficient (Wildman–Crippen LogP) is 4.36. The summed E-state index contributed by atoms with van der Waals surface area (Å²) < 4.78 is 18.7. The van der Waals surface area contributed by atoms with Crippen LogP contribution in [0.3, 0.4) is 0 Å². The van der Waals surface area contributed by atoms with Crippen molar-refractivity contribution in [1.82, 2.24) is 15.0 Å². The summed E-state index contributed by atoms with van der Waals surface area (Å²) in [6, 6.07) is 15.0. The zero-order valence-electron chi connectivity index (χ0n) is 17.8. The molecule has 4 rings (SSSR count). The number of aryl methyl sites for hydroxylation is 2. The number of likely N-dealkylation sites (N-methyl/N-ethyl adjacent to an activating group) is 1. The molecule has 1 N–H and O–H groups in total. The van der Waals surface area contributed by atoms with Crippen molar-refractivity contribution < 1.29 is 18.5 Å². The van der Waals surface area contributed by atoms with Crippen LogP contribution in [0, 0.1) is 19.7 Å². The standard InChI is InChI=1S/C24H21FN4O3/c1-14-7-9-16(10-8-14)20-12-19(22-15(2)28-32-23(22)27-20)24(31)29(3)13-21(30)26-18-6-4-5-17(25)11-18/h4-12H,13H2,1-3H3,(H,26,30). The molecule has 0 aliphatic heterocycles. The van der Waals surface area contributed by atoms with Gasteiger partial charge in [0.15, 0.2) is 0 Å². The lowest BCUT2D eigenvalue weighted by Gasteiger charge is -2.18. The summed E-state index contributed by atoms with van der Waals surface area (Å²) in [7, 11) is 1.52. The third-order valence-corrected chi connectivity index (χ3v) is 5.03. The van der Waals surface area contributed by atoms with E-state index in [4.69, 9.17) is 4.52 Å². The van der Waals surface area contributed by atoms with Crippen LogP contribution in [0.2, 0.25) is 0 Å². The highest BCUT2D eigenvalue weighted by atomic mass is 19.1. The summed E-state index contributed by atoms with van der Waals surface area (Å²) in [5.41, 5.74) is 3.93. The van der Waals surface area contributed by atoms with Crippen LogP contribution in [-0.2, 0) is 4.79 Å². The van der Waals surface area contributed by atoms with Crippen LogP contribution in [-0.4, -0.2) is 40.4 Å². The molecule has 32 heavy (non-hydrogen) atoms. The Labute approximate surface area is 183 Å². The molecule has 0 spiro atoms. The van der Waals surface area contributed by atoms with Crippen LogP contribution in [0.4, 0.5) is 10.1 Å². The molecule has 0 aliphatic carbocycles. The number of hydrogen-bond donors (Lipinski definition) is 1. The van der Waals surface area contributed by atoms with E-state index in [0.717, 1.165) is 11.1 Å². The van der Waals surface area contributed by atoms with Gasteiger partial charge in [-0.3, -0.25) is 9.59 Å². The smallest absolute Gasteiger partial charge is 0.259 e. The largest absolute Gasteiger partial charge is 0.335 e. The number of amides is 2. The number of pyridine rings is 1. The summed E-state index contributed by atoms with van der Waals surface area (Å²) >= 11 is 0. The fourth-order valence-corrected chi connectivity index (χ4v) is 3.40. The molecule has 0 bridgehead atoms. The van der Waals surface area contributed by atoms with Crippen molar-refractivity contribution in [3.8, 4) is 11.3 Å². The average Bonchev–Trinajstić information content (AvgIpc) is 3.14. The van der Waals surface area contributed by atoms with Crippen LogP contribution in [0.1, 0.15) is 21.6 Å². The maximum atomic E-state index is 13.3. The third kappa shape index (κ3) is 4.34. The second-order valence-corrected chi connectivity index (χ2v) is 7.59. The number of nitrogens with zero attached hydrogens (tertiary/aromatic N) is 3. The average molecular weight is 432 g/mol. The van der Waals surface area contributed by atoms with Crippen LogP contribution in [0.25, 0.3) is 22.4 Å². The summed E-state index contributed by atoms with van der Waals surface area (Å²) in [5.74, 6) is -1.29. The molecule has 162 valence electrons. The van der Waals surface area contributed by atoms with E-state index in [1.807, 2.05) is 31.2 Å². The first kappa shape index (κ1) is 21.2. The lowest BCUT2D eigenvalue weighted by molar-refractivity contribution is -0.116. The van der Waals surface area contributed by atoms with Gasteiger partial charge in [0.25, 0.3) is 11.6 Å². The maximum Gasteiger partial charge on any atom is 0.259 e. The SMILES string of the molecule is Cc1ccc(-c2cc(C(=O)N(C)CC(=O)Nc3cccc(F)c3)c3c(C)noc3n2)cc1. The molecule has 2 aromatic heterocycles. The second kappa shape index (κ2) is 8.58. The highest BCUT2D eigenvalue weighted by Gasteiger charge is 2.23. The van der Waals surface area contributed by atoms with E-state index in [2.05, 4.69) is 15.5 Å². The van der Waals surface area contributed by atoms with Crippen molar-refractivity contribution in [3.63, 3.8) is 0 Å². The van der Waals surface area contributed by atoms with E-state index >= 15 is 0 Å². The van der Waals surface area contributed by atoms with Crippen molar-refractivity contribution in [2.24, 2.45) is 0 Å². The van der Waals surface area contributed by atoms with Gasteiger partial charge in [0.1, 0.15) is 5.82 Å². The van der Waals surface area contributed by atoms with E-state index in [1.165, 1.54) is 30.1 Å². The molecule has 2 heterocycles. The molecule has 2 aromatic carbocycles. The van der Waals surface area contributed by atoms with E-state index in [0.29, 0.717) is 28.0 Å². The minimum atomic E-state index is -0.460. The molecule has 0 atom stereocenters. The molecular weight excluding hydrogens is 411 g/mol. The Morgan fingerprint density at radius 1 is 1.09 bits per heavy atom. The van der Waals surface area contributed by atoms with Crippen molar-refractivity contribution >= 4 is 28.6 Å². The molecule has 0 aliphatic rings. The molecule has 8 heteroatoms. The monoisotopic (exact) mass is 432 g/mol. The van der Waals surface area contributed by atoms with Gasteiger partial charge in [-0.1, -0.05) is 41.1 Å². The number of nitrogens with one attached hydrogen (secondary N) is 1. The Hall–Kier alpha value is -4.07. The molecule has 7 nitrogen and oxygen atoms in total. The fraction of sp³-hybridized carbons (Fsp3) is 0.167. The first-order chi connectivity index (χ1) is 15.3. The number of anilines is 1. The number of halogens is 1. The number of benzene rings is 2. The second-order valence-electron chi connectivity index (χ2n) is 7.59. The molecule has 2 amide bonds. The van der Waals surface area contributed by atoms with Crippen LogP contribution >= 0.6 is 0 Å². The van der Waals surface area contributed by atoms with Gasteiger partial charge in [-0.25, -0.2) is 9.37 Å². The first-order valence-corrected chi connectivity index (χ1v) is 9.97. The normalized spacial score (nSPS) is 10.9. The molecule has 0 saturated heterocycles. The topological polar surface area (TPSA) is 88.3 Å². The van der Waals surface area contributed by atoms with E-state index in [-0.39, 0.29) is 18.2 Å². The summed E-state index contributed by atoms with van der Waals surface area (Å²) in [6.07, 6.45) is 0. The zero-order valence-corrected chi connectivity index (χ0v) is 17.8. The minimum Gasteiger partial charge on any atom is -0.335 e. The molecular formula is C24H21FN4O3. The lowest BCUT2D eigenvalue weighted by Crippen LogP contribution is -2.35. The van der Waals surface area contributed by atoms with Gasteiger partial charge in [0.2, 0.25) is 5.91 Å². The van der Waals surface area contributed by atoms with E-state index < -0.39 is 11.7 Å². The summed E-state index contributed by atoms with van der Waals surface area (Å²) in [6.45, 7) is 3.49. The highest BCUT2D eigenvalue weighted by molar-refractivity contribution is 6.08. The Bertz CT molecular complexity index is 1310. The number of rotatable bonds is 5. The molecule has 0 saturated carbocycles. The Morgan fingerprint density at radius 3 is 2.56 bits per heavy atom. The molecule has 0 fully saturated rings. The summed E-state index contributed by atoms with van der Waals surface area (Å²) in [5, 5.41) is 7.04. The van der Waals surface area contributed by atoms with Gasteiger partial charge in [-0.2, -0.15) is 0 Å². The Kier molecular flexibility index (Phi) is 5.68. The maximum absolute atomic E-state index is 13.3. The van der Waals surface area contributed by atoms with Crippen molar-refractivity contribution in [3.05, 3.63) is 77.2 Å². The number of aromatic nitrogens is 2. The van der Waals surface area contributed by atoms with Crippen molar-refractivity contribution in [2.45, 2.75) is 13.8 Å². The third-order valence-electron chi connectivity index (χ3n) is 5.03. The van der Waals surface area contributed by atoms with E-state index in [1.54, 1.807) is 19.1 Å². The Balaban J connectivity index is 1.62. The van der Waals surface area contributed by atoms with Gasteiger partial charge < -0.3 is 14.7 Å². The highest BCUT2D eigenvalue weighted by Crippen LogP contribution is 2.28. The first-order valence-electron chi connectivity index (χ1n) is 9.97. The van der Waals surface area contributed by atoms with Gasteiger partial charge in [-0.15, -0.1) is 0 Å². The van der Waals surface area contributed by atoms with Crippen molar-refractivity contribution in [1.29, 1.82) is 0 Å².